The Morgan fingerprint density at radius 3 is 2.37 bits per heavy atom. The Morgan fingerprint density at radius 1 is 1.06 bits per heavy atom. The minimum atomic E-state index is -3.11. The van der Waals surface area contributed by atoms with Gasteiger partial charge < -0.3 is 5.32 Å². The zero-order chi connectivity index (χ0) is 25.2. The SMILES string of the molecule is CCS(=O)(=O)N1CCC(CNC(=O)c2ccc3c(c2)CN(CC2CCC(C)CC2)[C@@H]3C(C)C)CC1. The fourth-order valence-electron chi connectivity index (χ4n) is 6.40. The highest BCUT2D eigenvalue weighted by atomic mass is 32.2. The van der Waals surface area contributed by atoms with Crippen LogP contribution >= 0.6 is 0 Å². The molecule has 1 amide bonds. The summed E-state index contributed by atoms with van der Waals surface area (Å²) in [5.41, 5.74) is 3.44. The third kappa shape index (κ3) is 6.28. The second-order valence-electron chi connectivity index (χ2n) is 11.6. The van der Waals surface area contributed by atoms with E-state index in [1.54, 1.807) is 11.2 Å². The second-order valence-corrected chi connectivity index (χ2v) is 13.9. The standard InChI is InChI=1S/C28H45N3O3S/c1-5-35(33,34)31-14-12-22(13-15-31)17-29-28(32)24-10-11-26-25(16-24)19-30(27(26)20(2)3)18-23-8-6-21(4)7-9-23/h10-11,16,20-23,27H,5-9,12-15,17-19H2,1-4H3,(H,29,32)/t21?,23?,27-/m1/s1. The highest BCUT2D eigenvalue weighted by molar-refractivity contribution is 7.89. The van der Waals surface area contributed by atoms with E-state index in [0.29, 0.717) is 37.5 Å². The van der Waals surface area contributed by atoms with Gasteiger partial charge in [0.05, 0.1) is 5.75 Å². The molecule has 0 bridgehead atoms. The number of hydrogen-bond acceptors (Lipinski definition) is 4. The van der Waals surface area contributed by atoms with Crippen LogP contribution < -0.4 is 5.32 Å². The van der Waals surface area contributed by atoms with Gasteiger partial charge in [0.25, 0.3) is 5.91 Å². The van der Waals surface area contributed by atoms with Gasteiger partial charge in [0, 0.05) is 44.3 Å². The van der Waals surface area contributed by atoms with Gasteiger partial charge in [-0.15, -0.1) is 0 Å². The lowest BCUT2D eigenvalue weighted by atomic mass is 9.82. The Hall–Kier alpha value is -1.44. The lowest BCUT2D eigenvalue weighted by Crippen LogP contribution is -2.42. The van der Waals surface area contributed by atoms with Crippen molar-refractivity contribution in [1.29, 1.82) is 0 Å². The van der Waals surface area contributed by atoms with Gasteiger partial charge >= 0.3 is 0 Å². The van der Waals surface area contributed by atoms with Gasteiger partial charge in [-0.1, -0.05) is 39.7 Å². The fraction of sp³-hybridized carbons (Fsp3) is 0.750. The number of carbonyl (C=O) groups excluding carboxylic acids is 1. The third-order valence-electron chi connectivity index (χ3n) is 8.63. The molecule has 196 valence electrons. The molecular formula is C28H45N3O3S. The van der Waals surface area contributed by atoms with Crippen LogP contribution in [0, 0.1) is 23.7 Å². The number of nitrogens with zero attached hydrogens (tertiary/aromatic N) is 2. The van der Waals surface area contributed by atoms with E-state index >= 15 is 0 Å². The molecule has 6 nitrogen and oxygen atoms in total. The second kappa shape index (κ2) is 11.3. The molecule has 1 atom stereocenters. The minimum absolute atomic E-state index is 0.0165. The molecule has 2 fully saturated rings. The van der Waals surface area contributed by atoms with Gasteiger partial charge in [-0.05, 0) is 79.5 Å². The summed E-state index contributed by atoms with van der Waals surface area (Å²) in [6.45, 7) is 12.5. The van der Waals surface area contributed by atoms with Crippen LogP contribution in [0.15, 0.2) is 18.2 Å². The van der Waals surface area contributed by atoms with Crippen molar-refractivity contribution < 1.29 is 13.2 Å². The van der Waals surface area contributed by atoms with Crippen LogP contribution in [0.5, 0.6) is 0 Å². The molecule has 1 aromatic rings. The number of hydrogen-bond donors (Lipinski definition) is 1. The minimum Gasteiger partial charge on any atom is -0.352 e. The van der Waals surface area contributed by atoms with Gasteiger partial charge in [0.15, 0.2) is 0 Å². The number of piperidine rings is 1. The number of benzene rings is 1. The van der Waals surface area contributed by atoms with E-state index in [-0.39, 0.29) is 11.7 Å². The van der Waals surface area contributed by atoms with Crippen molar-refractivity contribution in [2.24, 2.45) is 23.7 Å². The van der Waals surface area contributed by atoms with Crippen molar-refractivity contribution >= 4 is 15.9 Å². The van der Waals surface area contributed by atoms with Gasteiger partial charge in [-0.25, -0.2) is 12.7 Å². The van der Waals surface area contributed by atoms with E-state index in [0.717, 1.165) is 43.3 Å². The number of sulfonamides is 1. The number of nitrogens with one attached hydrogen (secondary N) is 1. The van der Waals surface area contributed by atoms with Gasteiger partial charge in [-0.2, -0.15) is 0 Å². The lowest BCUT2D eigenvalue weighted by Gasteiger charge is -2.34. The third-order valence-corrected chi connectivity index (χ3v) is 10.5. The zero-order valence-electron chi connectivity index (χ0n) is 22.1. The summed E-state index contributed by atoms with van der Waals surface area (Å²) in [6.07, 6.45) is 7.00. The van der Waals surface area contributed by atoms with Crippen LogP contribution in [0.2, 0.25) is 0 Å². The van der Waals surface area contributed by atoms with Crippen molar-refractivity contribution in [3.63, 3.8) is 0 Å². The summed E-state index contributed by atoms with van der Waals surface area (Å²) in [7, 11) is -3.11. The Kier molecular flexibility index (Phi) is 8.60. The molecule has 3 aliphatic rings. The predicted molar refractivity (Wildman–Crippen MR) is 142 cm³/mol. The predicted octanol–water partition coefficient (Wildman–Crippen LogP) is 4.82. The monoisotopic (exact) mass is 503 g/mol. The number of rotatable bonds is 8. The highest BCUT2D eigenvalue weighted by Crippen LogP contribution is 2.41. The first kappa shape index (κ1) is 26.6. The van der Waals surface area contributed by atoms with Crippen LogP contribution in [-0.2, 0) is 16.6 Å². The first-order valence-electron chi connectivity index (χ1n) is 13.8. The van der Waals surface area contributed by atoms with Crippen LogP contribution in [0.4, 0.5) is 0 Å². The van der Waals surface area contributed by atoms with Gasteiger partial charge in [0.2, 0.25) is 10.0 Å². The molecule has 35 heavy (non-hydrogen) atoms. The van der Waals surface area contributed by atoms with Crippen molar-refractivity contribution in [1.82, 2.24) is 14.5 Å². The fourth-order valence-corrected chi connectivity index (χ4v) is 7.53. The smallest absolute Gasteiger partial charge is 0.251 e. The molecule has 1 aliphatic carbocycles. The van der Waals surface area contributed by atoms with Crippen molar-refractivity contribution in [3.8, 4) is 0 Å². The molecule has 0 unspecified atom stereocenters. The molecule has 0 spiro atoms. The Labute approximate surface area is 212 Å². The summed E-state index contributed by atoms with van der Waals surface area (Å²) in [5.74, 6) is 2.68. The maximum atomic E-state index is 13.0. The summed E-state index contributed by atoms with van der Waals surface area (Å²) in [6, 6.07) is 6.72. The van der Waals surface area contributed by atoms with E-state index in [1.807, 2.05) is 6.07 Å². The molecule has 0 radical (unpaired) electrons. The highest BCUT2D eigenvalue weighted by Gasteiger charge is 2.35. The van der Waals surface area contributed by atoms with E-state index in [9.17, 15) is 13.2 Å². The number of fused-ring (bicyclic) bond motifs is 1. The molecule has 1 saturated carbocycles. The molecule has 4 rings (SSSR count). The summed E-state index contributed by atoms with van der Waals surface area (Å²) < 4.78 is 25.7. The molecule has 0 aromatic heterocycles. The molecule has 1 saturated heterocycles. The molecule has 7 heteroatoms. The summed E-state index contributed by atoms with van der Waals surface area (Å²) in [4.78, 5) is 15.6. The molecule has 2 heterocycles. The van der Waals surface area contributed by atoms with Crippen molar-refractivity contribution in [2.75, 3.05) is 31.9 Å². The molecule has 2 aliphatic heterocycles. The average Bonchev–Trinajstić information content (AvgIpc) is 3.21. The summed E-state index contributed by atoms with van der Waals surface area (Å²) >= 11 is 0. The average molecular weight is 504 g/mol. The van der Waals surface area contributed by atoms with E-state index in [4.69, 9.17) is 0 Å². The summed E-state index contributed by atoms with van der Waals surface area (Å²) in [5, 5.41) is 3.12. The topological polar surface area (TPSA) is 69.7 Å². The molecule has 1 aromatic carbocycles. The number of amides is 1. The Bertz CT molecular complexity index is 977. The zero-order valence-corrected chi connectivity index (χ0v) is 22.9. The van der Waals surface area contributed by atoms with Crippen LogP contribution in [-0.4, -0.2) is 55.5 Å². The van der Waals surface area contributed by atoms with Crippen molar-refractivity contribution in [3.05, 3.63) is 34.9 Å². The Balaban J connectivity index is 1.33. The molecule has 1 N–H and O–H groups in total. The Morgan fingerprint density at radius 2 is 1.74 bits per heavy atom. The maximum absolute atomic E-state index is 13.0. The first-order valence-corrected chi connectivity index (χ1v) is 15.4. The quantitative estimate of drug-likeness (QED) is 0.552. The van der Waals surface area contributed by atoms with E-state index in [1.165, 1.54) is 36.8 Å². The number of carbonyl (C=O) groups is 1. The van der Waals surface area contributed by atoms with Crippen LogP contribution in [0.3, 0.4) is 0 Å². The van der Waals surface area contributed by atoms with Crippen molar-refractivity contribution in [2.45, 2.75) is 78.8 Å². The maximum Gasteiger partial charge on any atom is 0.251 e. The largest absolute Gasteiger partial charge is 0.352 e. The van der Waals surface area contributed by atoms with E-state index in [2.05, 4.69) is 43.1 Å². The van der Waals surface area contributed by atoms with Crippen LogP contribution in [0.1, 0.15) is 93.7 Å². The normalized spacial score (nSPS) is 26.7. The lowest BCUT2D eigenvalue weighted by molar-refractivity contribution is 0.0941. The molecular weight excluding hydrogens is 458 g/mol. The van der Waals surface area contributed by atoms with E-state index < -0.39 is 10.0 Å². The van der Waals surface area contributed by atoms with Gasteiger partial charge in [0.1, 0.15) is 0 Å². The first-order chi connectivity index (χ1) is 16.7. The van der Waals surface area contributed by atoms with Gasteiger partial charge in [-0.3, -0.25) is 9.69 Å². The van der Waals surface area contributed by atoms with Crippen LogP contribution in [0.25, 0.3) is 0 Å².